The van der Waals surface area contributed by atoms with E-state index in [0.29, 0.717) is 35.5 Å². The summed E-state index contributed by atoms with van der Waals surface area (Å²) in [5, 5.41) is 0. The zero-order valence-electron chi connectivity index (χ0n) is 41.4. The summed E-state index contributed by atoms with van der Waals surface area (Å²) in [6, 6.07) is 13.5. The minimum absolute atomic E-state index is 0. The number of nitrogens with zero attached hydrogens (tertiary/aromatic N) is 6. The zero-order valence-corrected chi connectivity index (χ0v) is 46.2. The standard InChI is InChI=1S/C28H40N5O10P.C16H20N5O6P.CH4.W/c1-27(2,3)23(34)40-16-42-44(37,43-17-41-24(35)28(4,5)6)15-19-10-8-9-18(13-19)14-33-22-20(30-26(33)36)21(29)31-25(32-22)39-12-11-38-7;1-26-5-6-27-15-19-13(17)12-14(20-15)21(16(22)18-12)8-10-3-2-4-11(7-10)9-28(23,24)25;;/h8-10,13H,11-12,14-17H2,1-7H3,(H,30,36)(H2,29,31,32);2-4,7H,5-6,8-9H2,1H3,(H,18,22)(H2,17,19,20)(H2,23,24,25);1H4;. The molecule has 406 valence electrons. The van der Waals surface area contributed by atoms with Gasteiger partial charge in [-0.25, -0.2) is 9.59 Å². The van der Waals surface area contributed by atoms with Gasteiger partial charge in [-0.05, 0) is 63.8 Å². The Labute approximate surface area is 440 Å². The zero-order chi connectivity index (χ0) is 53.0. The fraction of sp³-hybridized carbons (Fsp3) is 0.467. The van der Waals surface area contributed by atoms with Crippen LogP contribution in [0.1, 0.15) is 71.2 Å². The van der Waals surface area contributed by atoms with Crippen LogP contribution in [0.4, 0.5) is 11.6 Å². The second-order valence-electron chi connectivity index (χ2n) is 18.0. The number of esters is 2. The Bertz CT molecular complexity index is 3030. The first-order valence-electron chi connectivity index (χ1n) is 22.0. The van der Waals surface area contributed by atoms with Crippen molar-refractivity contribution in [1.29, 1.82) is 0 Å². The maximum atomic E-state index is 13.7. The maximum absolute atomic E-state index is 13.7. The van der Waals surface area contributed by atoms with Crippen molar-refractivity contribution in [1.82, 2.24) is 39.0 Å². The molecule has 0 spiro atoms. The van der Waals surface area contributed by atoms with Gasteiger partial charge in [0.25, 0.3) is 0 Å². The molecule has 4 heterocycles. The van der Waals surface area contributed by atoms with E-state index in [-0.39, 0.29) is 113 Å². The molecule has 6 aromatic rings. The van der Waals surface area contributed by atoms with E-state index in [2.05, 4.69) is 29.9 Å². The van der Waals surface area contributed by atoms with Gasteiger partial charge in [-0.2, -0.15) is 19.9 Å². The van der Waals surface area contributed by atoms with E-state index in [1.165, 1.54) is 23.4 Å². The average Bonchev–Trinajstić information content (AvgIpc) is 3.77. The van der Waals surface area contributed by atoms with E-state index >= 15 is 0 Å². The molecule has 0 atom stereocenters. The van der Waals surface area contributed by atoms with Gasteiger partial charge in [0, 0.05) is 35.3 Å². The summed E-state index contributed by atoms with van der Waals surface area (Å²) >= 11 is 0. The number of ether oxygens (including phenoxy) is 6. The van der Waals surface area contributed by atoms with Gasteiger partial charge in [0.2, 0.25) is 13.6 Å². The molecule has 26 nitrogen and oxygen atoms in total. The van der Waals surface area contributed by atoms with Crippen LogP contribution in [0.3, 0.4) is 0 Å². The van der Waals surface area contributed by atoms with Gasteiger partial charge in [-0.3, -0.25) is 36.9 Å². The van der Waals surface area contributed by atoms with Gasteiger partial charge in [-0.1, -0.05) is 56.0 Å². The van der Waals surface area contributed by atoms with Gasteiger partial charge in [-0.15, -0.1) is 0 Å². The van der Waals surface area contributed by atoms with E-state index in [4.69, 9.17) is 58.7 Å². The van der Waals surface area contributed by atoms with Crippen molar-refractivity contribution in [3.05, 3.63) is 91.8 Å². The van der Waals surface area contributed by atoms with E-state index in [9.17, 15) is 28.3 Å². The Hall–Kier alpha value is -5.81. The van der Waals surface area contributed by atoms with Crippen LogP contribution in [0.2, 0.25) is 0 Å². The number of nitrogens with two attached hydrogens (primary N) is 2. The summed E-state index contributed by atoms with van der Waals surface area (Å²) in [6.45, 7) is 9.96. The number of nitrogen functional groups attached to an aromatic ring is 2. The number of fused-ring (bicyclic) bond motifs is 2. The first-order valence-corrected chi connectivity index (χ1v) is 25.5. The number of anilines is 2. The number of carbonyl (C=O) groups excluding carboxylic acids is 2. The minimum atomic E-state index is -4.19. The molecule has 0 bridgehead atoms. The van der Waals surface area contributed by atoms with Crippen LogP contribution >= 0.6 is 15.2 Å². The molecule has 0 aliphatic heterocycles. The first kappa shape index (κ1) is 62.5. The summed E-state index contributed by atoms with van der Waals surface area (Å²) in [5.74, 6) is -1.01. The van der Waals surface area contributed by atoms with Gasteiger partial charge >= 0.3 is 50.5 Å². The van der Waals surface area contributed by atoms with Crippen LogP contribution in [-0.4, -0.2) is 115 Å². The second kappa shape index (κ2) is 27.1. The Balaban J connectivity index is 0.000000415. The van der Waals surface area contributed by atoms with Crippen molar-refractivity contribution in [2.45, 2.75) is 74.4 Å². The van der Waals surface area contributed by atoms with E-state index in [1.807, 2.05) is 0 Å². The van der Waals surface area contributed by atoms with Crippen molar-refractivity contribution >= 4 is 61.1 Å². The van der Waals surface area contributed by atoms with Crippen molar-refractivity contribution in [2.75, 3.05) is 65.7 Å². The van der Waals surface area contributed by atoms with Crippen molar-refractivity contribution in [3.8, 4) is 12.0 Å². The second-order valence-corrected chi connectivity index (χ2v) is 21.7. The Morgan fingerprint density at radius 2 is 1.01 bits per heavy atom. The molecule has 0 fully saturated rings. The molecule has 0 aliphatic carbocycles. The quantitative estimate of drug-likeness (QED) is 0.0232. The van der Waals surface area contributed by atoms with Crippen LogP contribution in [0.25, 0.3) is 22.3 Å². The third kappa shape index (κ3) is 18.2. The monoisotopic (exact) mass is 1250 g/mol. The van der Waals surface area contributed by atoms with Gasteiger partial charge in [0.1, 0.15) is 24.2 Å². The Morgan fingerprint density at radius 3 is 1.38 bits per heavy atom. The molecule has 8 N–H and O–H groups in total. The number of nitrogens with one attached hydrogen (secondary N) is 2. The number of aromatic amines is 2. The number of H-pyrrole nitrogens is 2. The normalized spacial score (nSPS) is 11.8. The van der Waals surface area contributed by atoms with Crippen LogP contribution in [-0.2, 0) is 93.2 Å². The third-order valence-corrected chi connectivity index (χ3v) is 12.4. The van der Waals surface area contributed by atoms with Crippen LogP contribution in [0.15, 0.2) is 58.1 Å². The predicted molar refractivity (Wildman–Crippen MR) is 268 cm³/mol. The molecule has 0 saturated carbocycles. The molecular formula is C45H64N10O16P2W. The molecule has 6 rings (SSSR count). The summed E-state index contributed by atoms with van der Waals surface area (Å²) in [5.41, 5.74) is 12.7. The maximum Gasteiger partial charge on any atom is 0.340 e. The number of hydrogen-bond donors (Lipinski definition) is 6. The minimum Gasteiger partial charge on any atom is -0.461 e. The van der Waals surface area contributed by atoms with Crippen LogP contribution in [0.5, 0.6) is 12.0 Å². The van der Waals surface area contributed by atoms with Crippen LogP contribution in [0, 0.1) is 10.8 Å². The molecular weight excluding hydrogens is 1180 g/mol. The third-order valence-electron chi connectivity index (χ3n) is 9.83. The number of aromatic nitrogens is 8. The fourth-order valence-corrected chi connectivity index (χ4v) is 8.28. The topological polar surface area (TPSA) is 362 Å². The number of imidazole rings is 2. The van der Waals surface area contributed by atoms with Gasteiger partial charge < -0.3 is 59.6 Å². The summed E-state index contributed by atoms with van der Waals surface area (Å²) in [6.07, 6.45) is -0.632. The molecule has 4 aromatic heterocycles. The average molecular weight is 1250 g/mol. The SMILES string of the molecule is C.COCCOc1nc(N)c2[nH]c(=O)n(Cc3cccc(CP(=O)(O)O)c3)c2n1.COCCOc1nc(N)c2[nH]c(=O)n(Cc3cccc(CP(=O)(OCOC(=O)C(C)(C)C)OCOC(=O)C(C)(C)C)c3)c2n1.[W]. The number of rotatable bonds is 22. The number of carbonyl (C=O) groups is 2. The van der Waals surface area contributed by atoms with Crippen molar-refractivity contribution in [2.24, 2.45) is 10.8 Å². The number of methoxy groups -OCH3 is 2. The van der Waals surface area contributed by atoms with Gasteiger partial charge in [0.15, 0.2) is 22.9 Å². The predicted octanol–water partition coefficient (Wildman–Crippen LogP) is 4.68. The summed E-state index contributed by atoms with van der Waals surface area (Å²) < 4.78 is 69.5. The van der Waals surface area contributed by atoms with Crippen molar-refractivity contribution < 1.29 is 87.0 Å². The molecule has 0 saturated heterocycles. The largest absolute Gasteiger partial charge is 0.461 e. The van der Waals surface area contributed by atoms with E-state index < -0.39 is 62.9 Å². The first-order chi connectivity index (χ1) is 33.8. The Morgan fingerprint density at radius 1 is 0.635 bits per heavy atom. The van der Waals surface area contributed by atoms with E-state index in [0.717, 1.165) is 0 Å². The fourth-order valence-electron chi connectivity index (χ4n) is 6.28. The molecule has 74 heavy (non-hydrogen) atoms. The van der Waals surface area contributed by atoms with Gasteiger partial charge in [0.05, 0.1) is 49.5 Å². The molecule has 29 heteroatoms. The smallest absolute Gasteiger partial charge is 0.340 e. The van der Waals surface area contributed by atoms with E-state index in [1.54, 1.807) is 90.1 Å². The number of hydrogen-bond acceptors (Lipinski definition) is 20. The van der Waals surface area contributed by atoms with Crippen LogP contribution < -0.4 is 32.3 Å². The molecule has 2 aromatic carbocycles. The molecule has 0 aliphatic rings. The molecule has 0 unspecified atom stereocenters. The van der Waals surface area contributed by atoms with Crippen molar-refractivity contribution in [3.63, 3.8) is 0 Å². The summed E-state index contributed by atoms with van der Waals surface area (Å²) in [7, 11) is -5.15. The molecule has 0 amide bonds. The molecule has 0 radical (unpaired) electrons. The Kier molecular flexibility index (Phi) is 22.9. The number of benzene rings is 2. The summed E-state index contributed by atoms with van der Waals surface area (Å²) in [4.78, 5) is 89.8.